The van der Waals surface area contributed by atoms with E-state index < -0.39 is 23.9 Å². The van der Waals surface area contributed by atoms with Crippen molar-refractivity contribution in [3.05, 3.63) is 71.8 Å². The van der Waals surface area contributed by atoms with Gasteiger partial charge in [-0.15, -0.1) is 5.01 Å². The summed E-state index contributed by atoms with van der Waals surface area (Å²) in [5.41, 5.74) is 2.68. The molecule has 0 bridgehead atoms. The van der Waals surface area contributed by atoms with Crippen LogP contribution in [0.5, 0.6) is 0 Å². The maximum atomic E-state index is 12.4. The van der Waals surface area contributed by atoms with E-state index in [1.807, 2.05) is 12.1 Å². The van der Waals surface area contributed by atoms with Crippen LogP contribution in [0.3, 0.4) is 0 Å². The third kappa shape index (κ3) is 7.92. The largest absolute Gasteiger partial charge is 0.443 e. The van der Waals surface area contributed by atoms with E-state index in [1.54, 1.807) is 69.3 Å². The highest BCUT2D eigenvalue weighted by atomic mass is 16.6. The van der Waals surface area contributed by atoms with E-state index in [0.717, 1.165) is 11.1 Å². The van der Waals surface area contributed by atoms with Crippen molar-refractivity contribution in [1.29, 1.82) is 0 Å². The number of hydrogen-bond acceptors (Lipinski definition) is 6. The van der Waals surface area contributed by atoms with Gasteiger partial charge in [-0.05, 0) is 31.9 Å². The minimum atomic E-state index is -1.10. The van der Waals surface area contributed by atoms with Crippen LogP contribution < -0.4 is 5.43 Å². The maximum absolute atomic E-state index is 12.4. The van der Waals surface area contributed by atoms with Gasteiger partial charge in [0.05, 0.1) is 0 Å². The molecule has 154 valence electrons. The van der Waals surface area contributed by atoms with E-state index >= 15 is 0 Å². The van der Waals surface area contributed by atoms with Crippen LogP contribution in [-0.4, -0.2) is 28.9 Å². The van der Waals surface area contributed by atoms with Gasteiger partial charge in [-0.1, -0.05) is 60.7 Å². The molecule has 8 nitrogen and oxygen atoms in total. The summed E-state index contributed by atoms with van der Waals surface area (Å²) in [5, 5.41) is 0.347. The van der Waals surface area contributed by atoms with Crippen molar-refractivity contribution in [2.75, 3.05) is 0 Å². The Hall–Kier alpha value is -3.55. The molecule has 29 heavy (non-hydrogen) atoms. The topological polar surface area (TPSA) is 94.2 Å². The van der Waals surface area contributed by atoms with Gasteiger partial charge in [0.2, 0.25) is 0 Å². The summed E-state index contributed by atoms with van der Waals surface area (Å²) in [5.74, 6) is 0. The Kier molecular flexibility index (Phi) is 7.59. The summed E-state index contributed by atoms with van der Waals surface area (Å²) >= 11 is 0. The number of hydrazine groups is 1. The van der Waals surface area contributed by atoms with E-state index in [2.05, 4.69) is 5.43 Å². The van der Waals surface area contributed by atoms with Crippen molar-refractivity contribution >= 4 is 18.3 Å². The fraction of sp³-hybridized carbons (Fsp3) is 0.286. The number of imide groups is 1. The van der Waals surface area contributed by atoms with Crippen LogP contribution in [-0.2, 0) is 27.4 Å². The molecule has 2 rings (SSSR count). The van der Waals surface area contributed by atoms with Gasteiger partial charge in [0.1, 0.15) is 18.8 Å². The smallest absolute Gasteiger partial charge is 0.439 e. The average Bonchev–Trinajstić information content (AvgIpc) is 2.68. The number of amides is 3. The van der Waals surface area contributed by atoms with Gasteiger partial charge in [0.25, 0.3) is 0 Å². The minimum absolute atomic E-state index is 0.0852. The molecule has 0 saturated heterocycles. The van der Waals surface area contributed by atoms with Crippen LogP contribution >= 0.6 is 0 Å². The molecular formula is C21H24N2O6. The van der Waals surface area contributed by atoms with Crippen LogP contribution in [0, 0.1) is 0 Å². The number of hydrogen-bond donors (Lipinski definition) is 1. The molecule has 8 heteroatoms. The molecule has 2 aromatic carbocycles. The second-order valence-corrected chi connectivity index (χ2v) is 7.03. The molecule has 0 unspecified atom stereocenters. The molecule has 0 aromatic heterocycles. The molecule has 0 fully saturated rings. The van der Waals surface area contributed by atoms with Crippen LogP contribution in [0.4, 0.5) is 14.4 Å². The quantitative estimate of drug-likeness (QED) is 0.604. The number of carbonyl (C=O) groups excluding carboxylic acids is 3. The summed E-state index contributed by atoms with van der Waals surface area (Å²) in [7, 11) is 0. The Balaban J connectivity index is 2.03. The second-order valence-electron chi connectivity index (χ2n) is 7.03. The third-order valence-electron chi connectivity index (χ3n) is 3.38. The number of carbonyl (C=O) groups is 3. The van der Waals surface area contributed by atoms with Gasteiger partial charge in [-0.3, -0.25) is 0 Å². The zero-order chi connectivity index (χ0) is 21.3. The lowest BCUT2D eigenvalue weighted by Crippen LogP contribution is -2.51. The molecule has 0 aliphatic rings. The minimum Gasteiger partial charge on any atom is -0.443 e. The second kappa shape index (κ2) is 10.1. The third-order valence-corrected chi connectivity index (χ3v) is 3.38. The van der Waals surface area contributed by atoms with E-state index in [4.69, 9.17) is 14.2 Å². The molecule has 0 atom stereocenters. The standard InChI is InChI=1S/C21H24N2O6/c1-21(2,3)29-18(24)22-23(19(25)27-14-16-10-6-4-7-11-16)20(26)28-15-17-12-8-5-9-13-17/h4-13H,14-15H2,1-3H3,(H,22,24). The van der Waals surface area contributed by atoms with Crippen molar-refractivity contribution < 1.29 is 28.6 Å². The Bertz CT molecular complexity index is 763. The first kappa shape index (κ1) is 21.7. The van der Waals surface area contributed by atoms with Crippen molar-refractivity contribution in [3.63, 3.8) is 0 Å². The van der Waals surface area contributed by atoms with Gasteiger partial charge in [-0.2, -0.15) is 0 Å². The molecule has 0 aliphatic carbocycles. The number of nitrogens with zero attached hydrogens (tertiary/aromatic N) is 1. The van der Waals surface area contributed by atoms with Gasteiger partial charge in [0.15, 0.2) is 0 Å². The number of ether oxygens (including phenoxy) is 3. The monoisotopic (exact) mass is 400 g/mol. The zero-order valence-corrected chi connectivity index (χ0v) is 16.6. The number of rotatable bonds is 4. The summed E-state index contributed by atoms with van der Waals surface area (Å²) in [6.45, 7) is 4.78. The van der Waals surface area contributed by atoms with Crippen LogP contribution in [0.15, 0.2) is 60.7 Å². The molecular weight excluding hydrogens is 376 g/mol. The van der Waals surface area contributed by atoms with Gasteiger partial charge >= 0.3 is 18.3 Å². The van der Waals surface area contributed by atoms with Crippen molar-refractivity contribution in [2.45, 2.75) is 39.6 Å². The lowest BCUT2D eigenvalue weighted by Gasteiger charge is -2.24. The molecule has 0 heterocycles. The van der Waals surface area contributed by atoms with Crippen molar-refractivity contribution in [1.82, 2.24) is 10.4 Å². The number of benzene rings is 2. The number of nitrogens with one attached hydrogen (secondary N) is 1. The zero-order valence-electron chi connectivity index (χ0n) is 16.6. The van der Waals surface area contributed by atoms with E-state index in [9.17, 15) is 14.4 Å². The maximum Gasteiger partial charge on any atom is 0.439 e. The highest BCUT2D eigenvalue weighted by molar-refractivity contribution is 5.89. The normalized spacial score (nSPS) is 10.6. The fourth-order valence-corrected chi connectivity index (χ4v) is 2.13. The molecule has 3 amide bonds. The summed E-state index contributed by atoms with van der Waals surface area (Å²) in [4.78, 5) is 36.8. The van der Waals surface area contributed by atoms with Gasteiger partial charge < -0.3 is 14.2 Å². The Morgan fingerprint density at radius 1 is 0.793 bits per heavy atom. The highest BCUT2D eigenvalue weighted by Crippen LogP contribution is 2.09. The Labute approximate surface area is 169 Å². The van der Waals surface area contributed by atoms with E-state index in [-0.39, 0.29) is 13.2 Å². The summed E-state index contributed by atoms with van der Waals surface area (Å²) < 4.78 is 15.3. The van der Waals surface area contributed by atoms with Crippen LogP contribution in [0.2, 0.25) is 0 Å². The molecule has 2 aromatic rings. The molecule has 1 N–H and O–H groups in total. The lowest BCUT2D eigenvalue weighted by atomic mass is 10.2. The van der Waals surface area contributed by atoms with E-state index in [1.165, 1.54) is 0 Å². The summed E-state index contributed by atoms with van der Waals surface area (Å²) in [6.07, 6.45) is -3.19. The predicted molar refractivity (Wildman–Crippen MR) is 104 cm³/mol. The SMILES string of the molecule is CC(C)(C)OC(=O)NN(C(=O)OCc1ccccc1)C(=O)OCc1ccccc1. The fourth-order valence-electron chi connectivity index (χ4n) is 2.13. The first-order valence-electron chi connectivity index (χ1n) is 8.96. The van der Waals surface area contributed by atoms with Gasteiger partial charge in [0, 0.05) is 0 Å². The molecule has 0 saturated carbocycles. The molecule has 0 aliphatic heterocycles. The average molecular weight is 400 g/mol. The predicted octanol–water partition coefficient (Wildman–Crippen LogP) is 4.40. The Morgan fingerprint density at radius 2 is 1.21 bits per heavy atom. The highest BCUT2D eigenvalue weighted by Gasteiger charge is 2.29. The van der Waals surface area contributed by atoms with Crippen LogP contribution in [0.25, 0.3) is 0 Å². The summed E-state index contributed by atoms with van der Waals surface area (Å²) in [6, 6.07) is 17.8. The molecule has 0 spiro atoms. The first-order chi connectivity index (χ1) is 13.7. The van der Waals surface area contributed by atoms with Gasteiger partial charge in [-0.25, -0.2) is 19.8 Å². The van der Waals surface area contributed by atoms with Crippen molar-refractivity contribution in [2.24, 2.45) is 0 Å². The van der Waals surface area contributed by atoms with Crippen molar-refractivity contribution in [3.8, 4) is 0 Å². The van der Waals surface area contributed by atoms with E-state index in [0.29, 0.717) is 5.01 Å². The molecule has 0 radical (unpaired) electrons. The Morgan fingerprint density at radius 3 is 1.59 bits per heavy atom. The first-order valence-corrected chi connectivity index (χ1v) is 8.96. The lowest BCUT2D eigenvalue weighted by molar-refractivity contribution is 0.0214. The van der Waals surface area contributed by atoms with Crippen LogP contribution in [0.1, 0.15) is 31.9 Å².